The van der Waals surface area contributed by atoms with Crippen LogP contribution in [0.3, 0.4) is 0 Å². The molecule has 9 heteroatoms. The van der Waals surface area contributed by atoms with Gasteiger partial charge in [0, 0.05) is 0 Å². The van der Waals surface area contributed by atoms with E-state index in [0.29, 0.717) is 16.6 Å². The van der Waals surface area contributed by atoms with Gasteiger partial charge in [-0.2, -0.15) is 0 Å². The average Bonchev–Trinajstić information content (AvgIpc) is 2.79. The molecule has 1 aliphatic rings. The molecule has 7 nitrogen and oxygen atoms in total. The van der Waals surface area contributed by atoms with Crippen LogP contribution in [0.15, 0.2) is 21.5 Å². The van der Waals surface area contributed by atoms with Crippen molar-refractivity contribution in [3.63, 3.8) is 0 Å². The number of carbonyl (C=O) groups is 3. The Bertz CT molecular complexity index is 733. The van der Waals surface area contributed by atoms with Crippen LogP contribution in [0.2, 0.25) is 0 Å². The first-order chi connectivity index (χ1) is 11.4. The molecule has 2 rings (SSSR count). The summed E-state index contributed by atoms with van der Waals surface area (Å²) in [6, 6.07) is 3.14. The second-order valence-corrected chi connectivity index (χ2v) is 6.47. The maximum atomic E-state index is 12.3. The van der Waals surface area contributed by atoms with Gasteiger partial charge < -0.3 is 14.6 Å². The molecule has 1 N–H and O–H groups in total. The minimum absolute atomic E-state index is 0.0483. The Balaban J connectivity index is 2.30. The second-order valence-electron chi connectivity index (χ2n) is 4.63. The first-order valence-corrected chi connectivity index (χ1v) is 8.45. The van der Waals surface area contributed by atoms with Crippen molar-refractivity contribution in [3.05, 3.63) is 27.1 Å². The van der Waals surface area contributed by atoms with Gasteiger partial charge in [-0.1, -0.05) is 0 Å². The zero-order valence-electron chi connectivity index (χ0n) is 12.9. The number of rotatable bonds is 5. The highest BCUT2D eigenvalue weighted by atomic mass is 79.9. The second kappa shape index (κ2) is 7.71. The molecule has 1 aliphatic heterocycles. The van der Waals surface area contributed by atoms with Crippen molar-refractivity contribution in [2.45, 2.75) is 6.92 Å². The first-order valence-electron chi connectivity index (χ1n) is 6.84. The number of amides is 2. The number of imide groups is 1. The smallest absolute Gasteiger partial charge is 0.325 e. The summed E-state index contributed by atoms with van der Waals surface area (Å²) in [6.07, 6.45) is 1.49. The van der Waals surface area contributed by atoms with E-state index in [1.807, 2.05) is 0 Å². The largest absolute Gasteiger partial charge is 0.503 e. The number of ether oxygens (including phenoxy) is 2. The van der Waals surface area contributed by atoms with Gasteiger partial charge in [0.15, 0.2) is 11.5 Å². The number of thioether (sulfide) groups is 1. The van der Waals surface area contributed by atoms with Crippen molar-refractivity contribution in [2.24, 2.45) is 0 Å². The van der Waals surface area contributed by atoms with Gasteiger partial charge in [0.1, 0.15) is 6.54 Å². The monoisotopic (exact) mass is 415 g/mol. The Labute approximate surface area is 150 Å². The Morgan fingerprint density at radius 3 is 2.75 bits per heavy atom. The number of benzene rings is 1. The van der Waals surface area contributed by atoms with Crippen molar-refractivity contribution in [2.75, 3.05) is 20.3 Å². The number of phenols is 1. The summed E-state index contributed by atoms with van der Waals surface area (Å²) in [5.74, 6) is -1.04. The molecule has 0 bridgehead atoms. The fourth-order valence-electron chi connectivity index (χ4n) is 1.92. The van der Waals surface area contributed by atoms with Crippen molar-refractivity contribution in [1.29, 1.82) is 0 Å². The van der Waals surface area contributed by atoms with E-state index < -0.39 is 23.7 Å². The highest BCUT2D eigenvalue weighted by molar-refractivity contribution is 9.10. The summed E-state index contributed by atoms with van der Waals surface area (Å²) < 4.78 is 10.2. The molecule has 2 amide bonds. The predicted molar refractivity (Wildman–Crippen MR) is 91.7 cm³/mol. The lowest BCUT2D eigenvalue weighted by Gasteiger charge is -2.10. The standard InChI is InChI=1S/C15H14BrNO6S/c1-3-23-10-5-8(4-9(16)13(10)19)6-11-14(20)17(15(21)24-11)7-12(18)22-2/h4-6,19H,3,7H2,1-2H3/b11-6+. The third-order valence-corrected chi connectivity index (χ3v) is 4.55. The van der Waals surface area contributed by atoms with Gasteiger partial charge in [0.25, 0.3) is 11.1 Å². The molecule has 24 heavy (non-hydrogen) atoms. The molecule has 1 heterocycles. The summed E-state index contributed by atoms with van der Waals surface area (Å²) in [7, 11) is 1.18. The van der Waals surface area contributed by atoms with E-state index in [1.54, 1.807) is 19.1 Å². The van der Waals surface area contributed by atoms with E-state index in [9.17, 15) is 19.5 Å². The average molecular weight is 416 g/mol. The van der Waals surface area contributed by atoms with E-state index in [4.69, 9.17) is 4.74 Å². The number of esters is 1. The Morgan fingerprint density at radius 1 is 1.42 bits per heavy atom. The minimum Gasteiger partial charge on any atom is -0.503 e. The fraction of sp³-hybridized carbons (Fsp3) is 0.267. The van der Waals surface area contributed by atoms with Gasteiger partial charge in [0.2, 0.25) is 0 Å². The summed E-state index contributed by atoms with van der Waals surface area (Å²) in [6.45, 7) is 1.71. The van der Waals surface area contributed by atoms with E-state index in [0.717, 1.165) is 16.7 Å². The molecule has 128 valence electrons. The Kier molecular flexibility index (Phi) is 5.89. The summed E-state index contributed by atoms with van der Waals surface area (Å²) in [5, 5.41) is 9.36. The molecule has 0 unspecified atom stereocenters. The Hall–Kier alpha value is -2.00. The number of halogens is 1. The number of hydrogen-bond donors (Lipinski definition) is 1. The number of phenolic OH excluding ortho intramolecular Hbond substituents is 1. The fourth-order valence-corrected chi connectivity index (χ4v) is 3.22. The van der Waals surface area contributed by atoms with Crippen LogP contribution in [0.5, 0.6) is 11.5 Å². The van der Waals surface area contributed by atoms with E-state index in [-0.39, 0.29) is 16.4 Å². The van der Waals surface area contributed by atoms with Gasteiger partial charge >= 0.3 is 5.97 Å². The lowest BCUT2D eigenvalue weighted by molar-refractivity contribution is -0.143. The SMILES string of the molecule is CCOc1cc(/C=C2/SC(=O)N(CC(=O)OC)C2=O)cc(Br)c1O. The molecule has 0 spiro atoms. The number of aromatic hydroxyl groups is 1. The maximum absolute atomic E-state index is 12.3. The molecule has 1 saturated heterocycles. The molecule has 1 aromatic carbocycles. The number of methoxy groups -OCH3 is 1. The third-order valence-electron chi connectivity index (χ3n) is 3.04. The van der Waals surface area contributed by atoms with E-state index >= 15 is 0 Å². The van der Waals surface area contributed by atoms with E-state index in [1.165, 1.54) is 13.2 Å². The molecule has 0 saturated carbocycles. The summed E-state index contributed by atoms with van der Waals surface area (Å²) >= 11 is 3.94. The van der Waals surface area contributed by atoms with Crippen LogP contribution in [-0.4, -0.2) is 47.4 Å². The van der Waals surface area contributed by atoms with Crippen LogP contribution in [0.4, 0.5) is 4.79 Å². The van der Waals surface area contributed by atoms with Gasteiger partial charge in [-0.25, -0.2) is 0 Å². The zero-order valence-corrected chi connectivity index (χ0v) is 15.3. The van der Waals surface area contributed by atoms with Crippen molar-refractivity contribution in [3.8, 4) is 11.5 Å². The molecule has 0 atom stereocenters. The number of carbonyl (C=O) groups excluding carboxylic acids is 3. The molecule has 0 radical (unpaired) electrons. The predicted octanol–water partition coefficient (Wildman–Crippen LogP) is 2.76. The van der Waals surface area contributed by atoms with Crippen LogP contribution < -0.4 is 4.74 Å². The summed E-state index contributed by atoms with van der Waals surface area (Å²) in [5.41, 5.74) is 0.562. The van der Waals surface area contributed by atoms with Gasteiger partial charge in [-0.3, -0.25) is 19.3 Å². The van der Waals surface area contributed by atoms with Crippen LogP contribution in [0, 0.1) is 0 Å². The van der Waals surface area contributed by atoms with Crippen LogP contribution >= 0.6 is 27.7 Å². The maximum Gasteiger partial charge on any atom is 0.325 e. The van der Waals surface area contributed by atoms with Crippen LogP contribution in [0.1, 0.15) is 12.5 Å². The van der Waals surface area contributed by atoms with Crippen molar-refractivity contribution in [1.82, 2.24) is 4.90 Å². The molecular weight excluding hydrogens is 402 g/mol. The highest BCUT2D eigenvalue weighted by Gasteiger charge is 2.36. The van der Waals surface area contributed by atoms with Gasteiger partial charge in [-0.15, -0.1) is 0 Å². The first kappa shape index (κ1) is 18.3. The lowest BCUT2D eigenvalue weighted by atomic mass is 10.2. The number of hydrogen-bond acceptors (Lipinski definition) is 7. The van der Waals surface area contributed by atoms with Crippen LogP contribution in [0.25, 0.3) is 6.08 Å². The van der Waals surface area contributed by atoms with Gasteiger partial charge in [0.05, 0.1) is 23.1 Å². The lowest BCUT2D eigenvalue weighted by Crippen LogP contribution is -2.34. The minimum atomic E-state index is -0.676. The number of nitrogens with zero attached hydrogens (tertiary/aromatic N) is 1. The van der Waals surface area contributed by atoms with Crippen LogP contribution in [-0.2, 0) is 14.3 Å². The van der Waals surface area contributed by atoms with Gasteiger partial charge in [-0.05, 0) is 58.4 Å². The molecule has 1 fully saturated rings. The van der Waals surface area contributed by atoms with E-state index in [2.05, 4.69) is 20.7 Å². The summed E-state index contributed by atoms with van der Waals surface area (Å²) in [4.78, 5) is 36.4. The molecule has 0 aromatic heterocycles. The molecule has 0 aliphatic carbocycles. The van der Waals surface area contributed by atoms with Crippen molar-refractivity contribution < 1.29 is 29.0 Å². The third kappa shape index (κ3) is 3.90. The Morgan fingerprint density at radius 2 is 2.12 bits per heavy atom. The highest BCUT2D eigenvalue weighted by Crippen LogP contribution is 2.38. The molecule has 1 aromatic rings. The topological polar surface area (TPSA) is 93.1 Å². The quantitative estimate of drug-likeness (QED) is 0.583. The van der Waals surface area contributed by atoms with Crippen molar-refractivity contribution >= 4 is 50.9 Å². The normalized spacial score (nSPS) is 16.0. The zero-order chi connectivity index (χ0) is 17.9. The molecular formula is C15H14BrNO6S.